The Morgan fingerprint density at radius 3 is 2.60 bits per heavy atom. The van der Waals surface area contributed by atoms with Crippen LogP contribution in [0.1, 0.15) is 23.2 Å². The summed E-state index contributed by atoms with van der Waals surface area (Å²) in [5.74, 6) is 0.0180. The number of carbonyl (C=O) groups excluding carboxylic acids is 1. The Hall–Kier alpha value is -1.94. The summed E-state index contributed by atoms with van der Waals surface area (Å²) in [6.07, 6.45) is 1.93. The van der Waals surface area contributed by atoms with Gasteiger partial charge in [-0.2, -0.15) is 0 Å². The number of nitrogens with one attached hydrogen (secondary N) is 1. The summed E-state index contributed by atoms with van der Waals surface area (Å²) >= 11 is 0. The molecular weight excluding hydrogens is 255 g/mol. The van der Waals surface area contributed by atoms with E-state index in [9.17, 15) is 9.18 Å². The van der Waals surface area contributed by atoms with Crippen molar-refractivity contribution < 1.29 is 9.18 Å². The van der Waals surface area contributed by atoms with Crippen molar-refractivity contribution in [1.82, 2.24) is 5.32 Å². The van der Waals surface area contributed by atoms with E-state index in [0.29, 0.717) is 28.8 Å². The lowest BCUT2D eigenvalue weighted by Gasteiger charge is -2.32. The minimum atomic E-state index is -0.304. The second-order valence-corrected chi connectivity index (χ2v) is 5.45. The van der Waals surface area contributed by atoms with Gasteiger partial charge in [-0.25, -0.2) is 4.39 Å². The van der Waals surface area contributed by atoms with E-state index in [-0.39, 0.29) is 17.8 Å². The maximum absolute atomic E-state index is 13.7. The van der Waals surface area contributed by atoms with Gasteiger partial charge in [0.2, 0.25) is 0 Å². The van der Waals surface area contributed by atoms with Crippen molar-refractivity contribution in [2.75, 3.05) is 6.54 Å². The Kier molecular flexibility index (Phi) is 3.40. The van der Waals surface area contributed by atoms with Crippen LogP contribution in [0.3, 0.4) is 0 Å². The molecule has 0 bridgehead atoms. The van der Waals surface area contributed by atoms with Crippen LogP contribution in [-0.2, 0) is 0 Å². The molecule has 0 aromatic heterocycles. The van der Waals surface area contributed by atoms with Gasteiger partial charge in [0.1, 0.15) is 5.82 Å². The van der Waals surface area contributed by atoms with Crippen LogP contribution in [0.4, 0.5) is 4.39 Å². The number of nitrogens with two attached hydrogens (primary N) is 1. The molecule has 2 aromatic carbocycles. The van der Waals surface area contributed by atoms with Crippen LogP contribution >= 0.6 is 0 Å². The first-order valence-corrected chi connectivity index (χ1v) is 6.86. The molecule has 1 fully saturated rings. The standard InChI is InChI=1S/C16H17FN2O/c17-15-6-5-14(12-3-1-2-4-13(12)15)16(20)19-9-10-7-11(18)8-10/h1-6,10-11H,7-9,18H2,(H,19,20). The summed E-state index contributed by atoms with van der Waals surface area (Å²) in [5, 5.41) is 4.04. The third-order valence-corrected chi connectivity index (χ3v) is 3.94. The first-order valence-electron chi connectivity index (χ1n) is 6.86. The maximum atomic E-state index is 13.7. The minimum Gasteiger partial charge on any atom is -0.352 e. The Labute approximate surface area is 117 Å². The van der Waals surface area contributed by atoms with Crippen LogP contribution in [0.25, 0.3) is 10.8 Å². The molecule has 104 valence electrons. The van der Waals surface area contributed by atoms with Crippen LogP contribution in [0, 0.1) is 11.7 Å². The van der Waals surface area contributed by atoms with Crippen molar-refractivity contribution in [3.05, 3.63) is 47.8 Å². The molecule has 20 heavy (non-hydrogen) atoms. The molecule has 1 aliphatic carbocycles. The van der Waals surface area contributed by atoms with E-state index in [0.717, 1.165) is 12.8 Å². The highest BCUT2D eigenvalue weighted by Gasteiger charge is 2.26. The van der Waals surface area contributed by atoms with Gasteiger partial charge in [0.05, 0.1) is 0 Å². The number of rotatable bonds is 3. The quantitative estimate of drug-likeness (QED) is 0.901. The van der Waals surface area contributed by atoms with E-state index >= 15 is 0 Å². The monoisotopic (exact) mass is 272 g/mol. The molecule has 1 amide bonds. The van der Waals surface area contributed by atoms with E-state index in [2.05, 4.69) is 5.32 Å². The molecule has 3 nitrogen and oxygen atoms in total. The molecule has 0 heterocycles. The highest BCUT2D eigenvalue weighted by molar-refractivity contribution is 6.07. The highest BCUT2D eigenvalue weighted by atomic mass is 19.1. The first kappa shape index (κ1) is 13.1. The SMILES string of the molecule is NC1CC(CNC(=O)c2ccc(F)c3ccccc23)C1. The van der Waals surface area contributed by atoms with Crippen LogP contribution < -0.4 is 11.1 Å². The molecule has 0 aliphatic heterocycles. The van der Waals surface area contributed by atoms with Crippen molar-refractivity contribution in [3.8, 4) is 0 Å². The molecule has 3 rings (SSSR count). The smallest absolute Gasteiger partial charge is 0.251 e. The molecule has 0 radical (unpaired) electrons. The second kappa shape index (κ2) is 5.21. The largest absolute Gasteiger partial charge is 0.352 e. The van der Waals surface area contributed by atoms with Gasteiger partial charge in [-0.05, 0) is 36.3 Å². The summed E-state index contributed by atoms with van der Waals surface area (Å²) in [4.78, 5) is 12.2. The zero-order valence-electron chi connectivity index (χ0n) is 11.1. The summed E-state index contributed by atoms with van der Waals surface area (Å²) in [5.41, 5.74) is 6.24. The summed E-state index contributed by atoms with van der Waals surface area (Å²) in [6, 6.07) is 10.2. The molecule has 1 saturated carbocycles. The zero-order chi connectivity index (χ0) is 14.1. The lowest BCUT2D eigenvalue weighted by molar-refractivity contribution is 0.0937. The van der Waals surface area contributed by atoms with Gasteiger partial charge in [-0.1, -0.05) is 24.3 Å². The van der Waals surface area contributed by atoms with Crippen LogP contribution in [-0.4, -0.2) is 18.5 Å². The van der Waals surface area contributed by atoms with Gasteiger partial charge < -0.3 is 11.1 Å². The Morgan fingerprint density at radius 2 is 1.90 bits per heavy atom. The molecule has 1 aliphatic rings. The van der Waals surface area contributed by atoms with Gasteiger partial charge in [0.15, 0.2) is 0 Å². The Bertz CT molecular complexity index is 650. The minimum absolute atomic E-state index is 0.151. The van der Waals surface area contributed by atoms with Crippen LogP contribution in [0.2, 0.25) is 0 Å². The number of carbonyl (C=O) groups is 1. The van der Waals surface area contributed by atoms with Gasteiger partial charge in [0, 0.05) is 23.5 Å². The summed E-state index contributed by atoms with van der Waals surface area (Å²) in [7, 11) is 0. The van der Waals surface area contributed by atoms with E-state index < -0.39 is 0 Å². The number of fused-ring (bicyclic) bond motifs is 1. The number of amides is 1. The number of hydrogen-bond acceptors (Lipinski definition) is 2. The fourth-order valence-corrected chi connectivity index (χ4v) is 2.75. The first-order chi connectivity index (χ1) is 9.65. The molecule has 0 saturated heterocycles. The fourth-order valence-electron chi connectivity index (χ4n) is 2.75. The van der Waals surface area contributed by atoms with Crippen molar-refractivity contribution in [1.29, 1.82) is 0 Å². The van der Waals surface area contributed by atoms with E-state index in [1.165, 1.54) is 6.07 Å². The van der Waals surface area contributed by atoms with Gasteiger partial charge in [0.25, 0.3) is 5.91 Å². The van der Waals surface area contributed by atoms with E-state index in [1.807, 2.05) is 6.07 Å². The third-order valence-electron chi connectivity index (χ3n) is 3.94. The van der Waals surface area contributed by atoms with Crippen LogP contribution in [0.5, 0.6) is 0 Å². The fraction of sp³-hybridized carbons (Fsp3) is 0.312. The van der Waals surface area contributed by atoms with Crippen molar-refractivity contribution in [3.63, 3.8) is 0 Å². The highest BCUT2D eigenvalue weighted by Crippen LogP contribution is 2.25. The second-order valence-electron chi connectivity index (χ2n) is 5.45. The molecule has 0 unspecified atom stereocenters. The molecule has 0 spiro atoms. The van der Waals surface area contributed by atoms with Gasteiger partial charge in [-0.15, -0.1) is 0 Å². The number of halogens is 1. The van der Waals surface area contributed by atoms with E-state index in [4.69, 9.17) is 5.73 Å². The summed E-state index contributed by atoms with van der Waals surface area (Å²) in [6.45, 7) is 0.637. The van der Waals surface area contributed by atoms with Crippen molar-refractivity contribution in [2.24, 2.45) is 11.7 Å². The molecule has 0 atom stereocenters. The normalized spacial score (nSPS) is 21.5. The van der Waals surface area contributed by atoms with Crippen molar-refractivity contribution >= 4 is 16.7 Å². The van der Waals surface area contributed by atoms with Crippen LogP contribution in [0.15, 0.2) is 36.4 Å². The average molecular weight is 272 g/mol. The molecular formula is C16H17FN2O. The topological polar surface area (TPSA) is 55.1 Å². The number of benzene rings is 2. The molecule has 4 heteroatoms. The van der Waals surface area contributed by atoms with E-state index in [1.54, 1.807) is 24.3 Å². The maximum Gasteiger partial charge on any atom is 0.251 e. The summed E-state index contributed by atoms with van der Waals surface area (Å²) < 4.78 is 13.7. The third kappa shape index (κ3) is 2.39. The lowest BCUT2D eigenvalue weighted by Crippen LogP contribution is -2.42. The van der Waals surface area contributed by atoms with Gasteiger partial charge >= 0.3 is 0 Å². The Morgan fingerprint density at radius 1 is 1.20 bits per heavy atom. The molecule has 3 N–H and O–H groups in total. The van der Waals surface area contributed by atoms with Crippen molar-refractivity contribution in [2.45, 2.75) is 18.9 Å². The van der Waals surface area contributed by atoms with Gasteiger partial charge in [-0.3, -0.25) is 4.79 Å². The number of hydrogen-bond donors (Lipinski definition) is 2. The Balaban J connectivity index is 1.79. The molecule has 2 aromatic rings. The zero-order valence-corrected chi connectivity index (χ0v) is 11.1. The lowest BCUT2D eigenvalue weighted by atomic mass is 9.81. The predicted octanol–water partition coefficient (Wildman–Crippen LogP) is 2.45. The average Bonchev–Trinajstić information content (AvgIpc) is 2.43. The predicted molar refractivity (Wildman–Crippen MR) is 76.9 cm³/mol.